The van der Waals surface area contributed by atoms with Crippen LogP contribution in [0.5, 0.6) is 0 Å². The van der Waals surface area contributed by atoms with Crippen molar-refractivity contribution in [3.05, 3.63) is 89.5 Å². The molecule has 4 aromatic rings. The maximum Gasteiger partial charge on any atom is 0.356 e. The number of carbonyl (C=O) groups is 2. The molecule has 2 heterocycles. The molecule has 0 aliphatic heterocycles. The summed E-state index contributed by atoms with van der Waals surface area (Å²) in [5, 5.41) is 6.99. The SMILES string of the molecule is COCCn1c(C(=O)OC)c(NC(=O)CCc2ccccc2)c2cc(N[C@@H](C)Cc3ccc(F)cc3)cnc21. The number of anilines is 2. The molecule has 2 aromatic heterocycles. The fourth-order valence-corrected chi connectivity index (χ4v) is 4.55. The molecule has 204 valence electrons. The summed E-state index contributed by atoms with van der Waals surface area (Å²) in [5.74, 6) is -1.08. The topological polar surface area (TPSA) is 94.5 Å². The number of fused-ring (bicyclic) bond motifs is 1. The minimum Gasteiger partial charge on any atom is -0.464 e. The number of aromatic nitrogens is 2. The van der Waals surface area contributed by atoms with Crippen LogP contribution in [0.1, 0.15) is 35.0 Å². The fraction of sp³-hybridized carbons (Fsp3) is 0.300. The van der Waals surface area contributed by atoms with Gasteiger partial charge in [-0.2, -0.15) is 0 Å². The lowest BCUT2D eigenvalue weighted by atomic mass is 10.1. The summed E-state index contributed by atoms with van der Waals surface area (Å²) in [7, 11) is 2.88. The third-order valence-electron chi connectivity index (χ3n) is 6.41. The van der Waals surface area contributed by atoms with Crippen molar-refractivity contribution < 1.29 is 23.5 Å². The Labute approximate surface area is 227 Å². The summed E-state index contributed by atoms with van der Waals surface area (Å²) in [5.41, 5.74) is 3.86. The Morgan fingerprint density at radius 1 is 1.05 bits per heavy atom. The second-order valence-corrected chi connectivity index (χ2v) is 9.36. The number of benzene rings is 2. The Kier molecular flexibility index (Phi) is 9.27. The number of pyridine rings is 1. The van der Waals surface area contributed by atoms with Gasteiger partial charge in [0.15, 0.2) is 5.69 Å². The highest BCUT2D eigenvalue weighted by atomic mass is 19.1. The number of hydrogen-bond donors (Lipinski definition) is 2. The van der Waals surface area contributed by atoms with Gasteiger partial charge in [-0.1, -0.05) is 42.5 Å². The van der Waals surface area contributed by atoms with Crippen molar-refractivity contribution in [1.82, 2.24) is 9.55 Å². The minimum atomic E-state index is -0.582. The van der Waals surface area contributed by atoms with E-state index in [0.29, 0.717) is 42.7 Å². The van der Waals surface area contributed by atoms with Crippen LogP contribution in [-0.4, -0.2) is 48.3 Å². The summed E-state index contributed by atoms with van der Waals surface area (Å²) >= 11 is 0. The summed E-state index contributed by atoms with van der Waals surface area (Å²) in [6.07, 6.45) is 3.17. The van der Waals surface area contributed by atoms with Gasteiger partial charge in [-0.3, -0.25) is 4.79 Å². The number of nitrogens with one attached hydrogen (secondary N) is 2. The smallest absolute Gasteiger partial charge is 0.356 e. The van der Waals surface area contributed by atoms with Crippen molar-refractivity contribution in [1.29, 1.82) is 0 Å². The highest BCUT2D eigenvalue weighted by Crippen LogP contribution is 2.33. The predicted octanol–water partition coefficient (Wildman–Crippen LogP) is 5.22. The Morgan fingerprint density at radius 3 is 2.49 bits per heavy atom. The van der Waals surface area contributed by atoms with Crippen LogP contribution in [0.25, 0.3) is 11.0 Å². The van der Waals surface area contributed by atoms with Gasteiger partial charge in [0.1, 0.15) is 11.5 Å². The molecule has 0 spiro atoms. The number of rotatable bonds is 12. The zero-order chi connectivity index (χ0) is 27.8. The van der Waals surface area contributed by atoms with E-state index >= 15 is 0 Å². The Morgan fingerprint density at radius 2 is 1.79 bits per heavy atom. The van der Waals surface area contributed by atoms with Crippen molar-refractivity contribution >= 4 is 34.3 Å². The van der Waals surface area contributed by atoms with Crippen LogP contribution in [0.15, 0.2) is 66.9 Å². The molecule has 0 bridgehead atoms. The molecule has 0 aliphatic rings. The van der Waals surface area contributed by atoms with E-state index in [4.69, 9.17) is 9.47 Å². The lowest BCUT2D eigenvalue weighted by Gasteiger charge is -2.15. The first-order valence-corrected chi connectivity index (χ1v) is 12.8. The molecule has 8 nitrogen and oxygen atoms in total. The normalized spacial score (nSPS) is 11.8. The minimum absolute atomic E-state index is 0.00859. The average Bonchev–Trinajstić information content (AvgIpc) is 3.24. The molecule has 9 heteroatoms. The Hall–Kier alpha value is -4.24. The number of methoxy groups -OCH3 is 2. The lowest BCUT2D eigenvalue weighted by Crippen LogP contribution is -2.18. The van der Waals surface area contributed by atoms with E-state index in [0.717, 1.165) is 16.8 Å². The Bertz CT molecular complexity index is 1420. The molecule has 0 fully saturated rings. The second-order valence-electron chi connectivity index (χ2n) is 9.36. The first-order chi connectivity index (χ1) is 18.9. The van der Waals surface area contributed by atoms with Gasteiger partial charge in [0.25, 0.3) is 0 Å². The van der Waals surface area contributed by atoms with Crippen molar-refractivity contribution in [2.45, 2.75) is 38.8 Å². The van der Waals surface area contributed by atoms with Crippen LogP contribution in [0.3, 0.4) is 0 Å². The second kappa shape index (κ2) is 13.0. The van der Waals surface area contributed by atoms with Crippen LogP contribution < -0.4 is 10.6 Å². The zero-order valence-electron chi connectivity index (χ0n) is 22.4. The molecule has 0 radical (unpaired) electrons. The molecule has 0 unspecified atom stereocenters. The van der Waals surface area contributed by atoms with Crippen molar-refractivity contribution in [2.24, 2.45) is 0 Å². The summed E-state index contributed by atoms with van der Waals surface area (Å²) in [6.45, 7) is 2.70. The number of esters is 1. The average molecular weight is 533 g/mol. The molecule has 0 aliphatic carbocycles. The molecule has 1 atom stereocenters. The maximum atomic E-state index is 13.3. The number of carbonyl (C=O) groups excluding carboxylic acids is 2. The van der Waals surface area contributed by atoms with E-state index in [-0.39, 0.29) is 29.9 Å². The maximum absolute atomic E-state index is 13.3. The summed E-state index contributed by atoms with van der Waals surface area (Å²) < 4.78 is 25.3. The lowest BCUT2D eigenvalue weighted by molar-refractivity contribution is -0.116. The molecular weight excluding hydrogens is 499 g/mol. The number of amides is 1. The Balaban J connectivity index is 1.65. The van der Waals surface area contributed by atoms with Gasteiger partial charge in [0, 0.05) is 31.5 Å². The van der Waals surface area contributed by atoms with Crippen LogP contribution in [0, 0.1) is 5.82 Å². The molecule has 2 aromatic carbocycles. The van der Waals surface area contributed by atoms with Crippen LogP contribution in [0.2, 0.25) is 0 Å². The number of hydrogen-bond acceptors (Lipinski definition) is 6. The van der Waals surface area contributed by atoms with Crippen molar-refractivity contribution in [3.8, 4) is 0 Å². The molecule has 0 saturated carbocycles. The summed E-state index contributed by atoms with van der Waals surface area (Å²) in [6, 6.07) is 18.0. The third kappa shape index (κ3) is 7.00. The molecule has 1 amide bonds. The van der Waals surface area contributed by atoms with Crippen LogP contribution in [-0.2, 0) is 33.7 Å². The first-order valence-electron chi connectivity index (χ1n) is 12.8. The van der Waals surface area contributed by atoms with Gasteiger partial charge >= 0.3 is 5.97 Å². The van der Waals surface area contributed by atoms with Crippen molar-refractivity contribution in [2.75, 3.05) is 31.5 Å². The van der Waals surface area contributed by atoms with Gasteiger partial charge in [0.2, 0.25) is 5.91 Å². The van der Waals surface area contributed by atoms with E-state index in [1.807, 2.05) is 43.3 Å². The van der Waals surface area contributed by atoms with E-state index in [9.17, 15) is 14.0 Å². The molecule has 2 N–H and O–H groups in total. The largest absolute Gasteiger partial charge is 0.464 e. The number of ether oxygens (including phenoxy) is 2. The van der Waals surface area contributed by atoms with Crippen LogP contribution >= 0.6 is 0 Å². The number of aryl methyl sites for hydroxylation is 1. The summed E-state index contributed by atoms with van der Waals surface area (Å²) in [4.78, 5) is 30.6. The van der Waals surface area contributed by atoms with Gasteiger partial charge < -0.3 is 24.7 Å². The number of halogens is 1. The zero-order valence-corrected chi connectivity index (χ0v) is 22.4. The fourth-order valence-electron chi connectivity index (χ4n) is 4.55. The van der Waals surface area contributed by atoms with E-state index in [1.54, 1.807) is 30.0 Å². The number of nitrogens with zero attached hydrogens (tertiary/aromatic N) is 2. The third-order valence-corrected chi connectivity index (χ3v) is 6.41. The molecule has 39 heavy (non-hydrogen) atoms. The van der Waals surface area contributed by atoms with E-state index in [1.165, 1.54) is 19.2 Å². The van der Waals surface area contributed by atoms with Gasteiger partial charge in [-0.15, -0.1) is 0 Å². The monoisotopic (exact) mass is 532 g/mol. The predicted molar refractivity (Wildman–Crippen MR) is 150 cm³/mol. The highest BCUT2D eigenvalue weighted by molar-refractivity contribution is 6.11. The molecule has 4 rings (SSSR count). The first kappa shape index (κ1) is 27.8. The van der Waals surface area contributed by atoms with Gasteiger partial charge in [-0.25, -0.2) is 14.2 Å². The quantitative estimate of drug-likeness (QED) is 0.243. The van der Waals surface area contributed by atoms with E-state index in [2.05, 4.69) is 15.6 Å². The molecular formula is C30H33FN4O4. The van der Waals surface area contributed by atoms with Crippen LogP contribution in [0.4, 0.5) is 15.8 Å². The molecule has 0 saturated heterocycles. The van der Waals surface area contributed by atoms with E-state index < -0.39 is 5.97 Å². The standard InChI is InChI=1S/C30H33FN4O4/c1-20(17-22-9-12-23(31)13-10-22)33-24-18-25-27(34-26(36)14-11-21-7-5-4-6-8-21)28(30(37)39-3)35(15-16-38-2)29(25)32-19-24/h4-10,12-13,18-20,33H,11,14-17H2,1-3H3,(H,34,36)/t20-/m0/s1. The van der Waals surface area contributed by atoms with Gasteiger partial charge in [-0.05, 0) is 49.1 Å². The highest BCUT2D eigenvalue weighted by Gasteiger charge is 2.26. The van der Waals surface area contributed by atoms with Crippen molar-refractivity contribution in [3.63, 3.8) is 0 Å². The van der Waals surface area contributed by atoms with Gasteiger partial charge in [0.05, 0.1) is 31.3 Å².